The van der Waals surface area contributed by atoms with Crippen molar-refractivity contribution < 1.29 is 17.9 Å². The lowest BCUT2D eigenvalue weighted by molar-refractivity contribution is 0.0832. The molecule has 0 aliphatic carbocycles. The molecular formula is C21H21N5O4S2. The number of nitrogens with zero attached hydrogens (tertiary/aromatic N) is 3. The van der Waals surface area contributed by atoms with Gasteiger partial charge in [-0.2, -0.15) is 0 Å². The van der Waals surface area contributed by atoms with Gasteiger partial charge in [-0.15, -0.1) is 11.3 Å². The van der Waals surface area contributed by atoms with Crippen molar-refractivity contribution in [2.24, 2.45) is 0 Å². The largest absolute Gasteiger partial charge is 0.495 e. The molecule has 0 amide bonds. The number of aromatic nitrogens is 3. The summed E-state index contributed by atoms with van der Waals surface area (Å²) < 4.78 is 41.0. The Kier molecular flexibility index (Phi) is 5.64. The molecule has 0 radical (unpaired) electrons. The van der Waals surface area contributed by atoms with Crippen molar-refractivity contribution >= 4 is 54.0 Å². The van der Waals surface area contributed by atoms with Crippen LogP contribution in [0.4, 0.5) is 11.5 Å². The van der Waals surface area contributed by atoms with E-state index in [0.29, 0.717) is 42.8 Å². The highest BCUT2D eigenvalue weighted by molar-refractivity contribution is 7.89. The molecule has 1 fully saturated rings. The number of rotatable bonds is 6. The van der Waals surface area contributed by atoms with Gasteiger partial charge in [0, 0.05) is 36.4 Å². The number of thiazole rings is 1. The maximum atomic E-state index is 13.2. The SMILES string of the molecule is COc1cc2ncnc(Nc3ccc4scnc4c3)c2cc1S(=O)(=O)NC1CCOCC1. The lowest BCUT2D eigenvalue weighted by atomic mass is 10.1. The number of anilines is 2. The van der Waals surface area contributed by atoms with Gasteiger partial charge in [0.2, 0.25) is 10.0 Å². The van der Waals surface area contributed by atoms with E-state index in [1.165, 1.54) is 13.4 Å². The number of sulfonamides is 1. The van der Waals surface area contributed by atoms with E-state index in [4.69, 9.17) is 9.47 Å². The van der Waals surface area contributed by atoms with Crippen LogP contribution in [0.15, 0.2) is 47.1 Å². The fourth-order valence-corrected chi connectivity index (χ4v) is 5.84. The van der Waals surface area contributed by atoms with Crippen LogP contribution in [0, 0.1) is 0 Å². The Balaban J connectivity index is 1.55. The molecular weight excluding hydrogens is 450 g/mol. The monoisotopic (exact) mass is 471 g/mol. The molecule has 3 heterocycles. The molecule has 1 saturated heterocycles. The summed E-state index contributed by atoms with van der Waals surface area (Å²) in [6, 6.07) is 8.83. The molecule has 0 bridgehead atoms. The Labute approximate surface area is 188 Å². The first-order valence-electron chi connectivity index (χ1n) is 10.1. The van der Waals surface area contributed by atoms with Gasteiger partial charge in [0.25, 0.3) is 0 Å². The maximum Gasteiger partial charge on any atom is 0.244 e. The van der Waals surface area contributed by atoms with Gasteiger partial charge >= 0.3 is 0 Å². The molecule has 1 aliphatic heterocycles. The zero-order chi connectivity index (χ0) is 22.1. The van der Waals surface area contributed by atoms with E-state index in [0.717, 1.165) is 15.9 Å². The quantitative estimate of drug-likeness (QED) is 0.439. The Morgan fingerprint density at radius 3 is 2.75 bits per heavy atom. The van der Waals surface area contributed by atoms with Crippen molar-refractivity contribution in [3.8, 4) is 5.75 Å². The topological polar surface area (TPSA) is 115 Å². The lowest BCUT2D eigenvalue weighted by Gasteiger charge is -2.23. The van der Waals surface area contributed by atoms with Gasteiger partial charge in [-0.1, -0.05) is 0 Å². The van der Waals surface area contributed by atoms with Crippen molar-refractivity contribution in [3.63, 3.8) is 0 Å². The first-order valence-corrected chi connectivity index (χ1v) is 12.4. The van der Waals surface area contributed by atoms with Gasteiger partial charge < -0.3 is 14.8 Å². The van der Waals surface area contributed by atoms with Gasteiger partial charge in [0.05, 0.1) is 28.4 Å². The zero-order valence-electron chi connectivity index (χ0n) is 17.2. The Morgan fingerprint density at radius 2 is 1.94 bits per heavy atom. The number of fused-ring (bicyclic) bond motifs is 2. The van der Waals surface area contributed by atoms with Crippen LogP contribution < -0.4 is 14.8 Å². The van der Waals surface area contributed by atoms with E-state index >= 15 is 0 Å². The smallest absolute Gasteiger partial charge is 0.244 e. The fourth-order valence-electron chi connectivity index (χ4n) is 3.70. The van der Waals surface area contributed by atoms with Crippen LogP contribution in [0.25, 0.3) is 21.1 Å². The molecule has 32 heavy (non-hydrogen) atoms. The number of ether oxygens (including phenoxy) is 2. The number of hydrogen-bond acceptors (Lipinski definition) is 9. The Bertz CT molecular complexity index is 1380. The van der Waals surface area contributed by atoms with E-state index in [-0.39, 0.29) is 16.7 Å². The highest BCUT2D eigenvalue weighted by Crippen LogP contribution is 2.33. The molecule has 166 valence electrons. The molecule has 0 unspecified atom stereocenters. The van der Waals surface area contributed by atoms with E-state index in [9.17, 15) is 8.42 Å². The summed E-state index contributed by atoms with van der Waals surface area (Å²) in [6.07, 6.45) is 2.69. The van der Waals surface area contributed by atoms with Crippen molar-refractivity contribution in [3.05, 3.63) is 42.2 Å². The second-order valence-electron chi connectivity index (χ2n) is 7.41. The number of methoxy groups -OCH3 is 1. The molecule has 9 nitrogen and oxygen atoms in total. The second-order valence-corrected chi connectivity index (χ2v) is 9.98. The van der Waals surface area contributed by atoms with Crippen LogP contribution >= 0.6 is 11.3 Å². The third kappa shape index (κ3) is 4.11. The highest BCUT2D eigenvalue weighted by atomic mass is 32.2. The number of hydrogen-bond donors (Lipinski definition) is 2. The average molecular weight is 472 g/mol. The standard InChI is InChI=1S/C21H21N5O4S2/c1-29-18-10-16-15(9-20(18)32(27,28)26-13-4-6-30-7-5-13)21(23-11-22-16)25-14-2-3-19-17(8-14)24-12-31-19/h2-3,8-13,26H,4-7H2,1H3,(H,22,23,25). The Hall–Kier alpha value is -2.86. The molecule has 0 spiro atoms. The van der Waals surface area contributed by atoms with Gasteiger partial charge in [-0.25, -0.2) is 28.1 Å². The van der Waals surface area contributed by atoms with Crippen LogP contribution in [-0.4, -0.2) is 49.7 Å². The summed E-state index contributed by atoms with van der Waals surface area (Å²) in [6.45, 7) is 1.07. The summed E-state index contributed by atoms with van der Waals surface area (Å²) in [5, 5.41) is 3.84. The third-order valence-corrected chi connectivity index (χ3v) is 7.70. The lowest BCUT2D eigenvalue weighted by Crippen LogP contribution is -2.38. The van der Waals surface area contributed by atoms with Gasteiger partial charge in [-0.05, 0) is 37.1 Å². The van der Waals surface area contributed by atoms with Crippen LogP contribution in [0.3, 0.4) is 0 Å². The van der Waals surface area contributed by atoms with Gasteiger partial charge in [0.15, 0.2) is 0 Å². The third-order valence-electron chi connectivity index (χ3n) is 5.35. The van der Waals surface area contributed by atoms with Crippen LogP contribution in [0.1, 0.15) is 12.8 Å². The minimum Gasteiger partial charge on any atom is -0.495 e. The molecule has 4 aromatic rings. The molecule has 2 N–H and O–H groups in total. The van der Waals surface area contributed by atoms with Crippen molar-refractivity contribution in [2.75, 3.05) is 25.6 Å². The molecule has 0 atom stereocenters. The van der Waals surface area contributed by atoms with E-state index in [1.807, 2.05) is 18.2 Å². The second kappa shape index (κ2) is 8.58. The normalized spacial score (nSPS) is 15.3. The summed E-state index contributed by atoms with van der Waals surface area (Å²) in [5.41, 5.74) is 4.04. The Morgan fingerprint density at radius 1 is 1.09 bits per heavy atom. The molecule has 0 saturated carbocycles. The predicted molar refractivity (Wildman–Crippen MR) is 123 cm³/mol. The predicted octanol–water partition coefficient (Wildman–Crippen LogP) is 3.45. The fraction of sp³-hybridized carbons (Fsp3) is 0.286. The van der Waals surface area contributed by atoms with E-state index in [1.54, 1.807) is 29.0 Å². The number of nitrogens with one attached hydrogen (secondary N) is 2. The molecule has 11 heteroatoms. The van der Waals surface area contributed by atoms with E-state index in [2.05, 4.69) is 25.0 Å². The minimum absolute atomic E-state index is 0.0480. The molecule has 1 aliphatic rings. The molecule has 5 rings (SSSR count). The zero-order valence-corrected chi connectivity index (χ0v) is 18.9. The average Bonchev–Trinajstić information content (AvgIpc) is 3.27. The molecule has 2 aromatic carbocycles. The first-order chi connectivity index (χ1) is 15.5. The van der Waals surface area contributed by atoms with Crippen LogP contribution in [0.2, 0.25) is 0 Å². The summed E-state index contributed by atoms with van der Waals surface area (Å²) in [7, 11) is -2.39. The highest BCUT2D eigenvalue weighted by Gasteiger charge is 2.26. The number of benzene rings is 2. The van der Waals surface area contributed by atoms with Gasteiger partial charge in [0.1, 0.15) is 22.8 Å². The summed E-state index contributed by atoms with van der Waals surface area (Å²) in [5.74, 6) is 0.723. The van der Waals surface area contributed by atoms with Crippen molar-refractivity contribution in [2.45, 2.75) is 23.8 Å². The van der Waals surface area contributed by atoms with Gasteiger partial charge in [-0.3, -0.25) is 0 Å². The summed E-state index contributed by atoms with van der Waals surface area (Å²) >= 11 is 1.57. The van der Waals surface area contributed by atoms with E-state index < -0.39 is 10.0 Å². The summed E-state index contributed by atoms with van der Waals surface area (Å²) in [4.78, 5) is 13.0. The van der Waals surface area contributed by atoms with Crippen molar-refractivity contribution in [1.82, 2.24) is 19.7 Å². The van der Waals surface area contributed by atoms with Crippen LogP contribution in [-0.2, 0) is 14.8 Å². The van der Waals surface area contributed by atoms with Crippen molar-refractivity contribution in [1.29, 1.82) is 0 Å². The van der Waals surface area contributed by atoms with Crippen LogP contribution in [0.5, 0.6) is 5.75 Å². The maximum absolute atomic E-state index is 13.2. The first kappa shape index (κ1) is 21.0. The molecule has 2 aromatic heterocycles. The minimum atomic E-state index is -3.83.